The maximum Gasteiger partial charge on any atom is 0.490 e. The minimum atomic E-state index is -5.08. The molecule has 2 aliphatic rings. The molecule has 1 N–H and O–H groups in total. The van der Waals surface area contributed by atoms with E-state index in [4.69, 9.17) is 23.8 Å². The van der Waals surface area contributed by atoms with Crippen LogP contribution in [0.4, 0.5) is 13.2 Å². The predicted octanol–water partition coefficient (Wildman–Crippen LogP) is 2.71. The molecular weight excluding hydrogens is 435 g/mol. The lowest BCUT2D eigenvalue weighted by Gasteiger charge is -2.43. The first-order chi connectivity index (χ1) is 15.1. The average Bonchev–Trinajstić information content (AvgIpc) is 3.38. The van der Waals surface area contributed by atoms with Gasteiger partial charge in [0.25, 0.3) is 5.91 Å². The third-order valence-corrected chi connectivity index (χ3v) is 5.40. The van der Waals surface area contributed by atoms with E-state index in [0.717, 1.165) is 18.6 Å². The normalized spacial score (nSPS) is 22.5. The quantitative estimate of drug-likeness (QED) is 0.745. The summed E-state index contributed by atoms with van der Waals surface area (Å²) in [4.78, 5) is 31.6. The van der Waals surface area contributed by atoms with Crippen LogP contribution in [-0.4, -0.2) is 70.4 Å². The number of oxazole rings is 1. The molecule has 12 heteroatoms. The second-order valence-corrected chi connectivity index (χ2v) is 7.53. The van der Waals surface area contributed by atoms with Crippen molar-refractivity contribution in [2.24, 2.45) is 5.41 Å². The Morgan fingerprint density at radius 3 is 2.75 bits per heavy atom. The number of fused-ring (bicyclic) bond motifs is 1. The maximum atomic E-state index is 12.8. The lowest BCUT2D eigenvalue weighted by molar-refractivity contribution is -0.192. The number of piperidine rings is 1. The number of aromatic nitrogens is 2. The highest BCUT2D eigenvalue weighted by molar-refractivity contribution is 5.92. The molecule has 2 aromatic rings. The number of ether oxygens (including phenoxy) is 2. The summed E-state index contributed by atoms with van der Waals surface area (Å²) in [6.07, 6.45) is 1.43. The smallest absolute Gasteiger partial charge is 0.490 e. The summed E-state index contributed by atoms with van der Waals surface area (Å²) in [5.41, 5.74) is 0.424. The van der Waals surface area contributed by atoms with Crippen LogP contribution >= 0.6 is 0 Å². The van der Waals surface area contributed by atoms with Gasteiger partial charge in [-0.15, -0.1) is 0 Å². The van der Waals surface area contributed by atoms with Crippen LogP contribution in [0.25, 0.3) is 0 Å². The molecule has 0 aliphatic carbocycles. The number of carboxylic acid groups (broad SMARTS) is 1. The van der Waals surface area contributed by atoms with Crippen molar-refractivity contribution in [1.82, 2.24) is 14.9 Å². The van der Waals surface area contributed by atoms with E-state index < -0.39 is 12.1 Å². The number of carboxylic acids is 1. The Morgan fingerprint density at radius 2 is 2.16 bits per heavy atom. The SMILES string of the molecule is Cc1ncoc1C(=O)N1CC[C@H]2OCC[C@@]2(COc2cccnc2)C1.O=C(O)C(F)(F)F. The number of halogens is 3. The molecule has 0 bridgehead atoms. The van der Waals surface area contributed by atoms with E-state index in [1.807, 2.05) is 17.0 Å². The van der Waals surface area contributed by atoms with E-state index in [0.29, 0.717) is 37.8 Å². The lowest BCUT2D eigenvalue weighted by atomic mass is 9.77. The largest absolute Gasteiger partial charge is 0.491 e. The van der Waals surface area contributed by atoms with Crippen LogP contribution in [0.3, 0.4) is 0 Å². The third kappa shape index (κ3) is 5.36. The fourth-order valence-electron chi connectivity index (χ4n) is 3.74. The minimum absolute atomic E-state index is 0.110. The zero-order valence-electron chi connectivity index (χ0n) is 17.2. The fraction of sp³-hybridized carbons (Fsp3) is 0.500. The molecule has 1 amide bonds. The molecule has 2 fully saturated rings. The zero-order chi connectivity index (χ0) is 23.4. The molecule has 4 rings (SSSR count). The number of hydrogen-bond donors (Lipinski definition) is 1. The molecule has 2 aromatic heterocycles. The van der Waals surface area contributed by atoms with Gasteiger partial charge in [0, 0.05) is 25.9 Å². The third-order valence-electron chi connectivity index (χ3n) is 5.40. The number of pyridine rings is 1. The van der Waals surface area contributed by atoms with Gasteiger partial charge in [0.05, 0.1) is 30.0 Å². The number of carbonyl (C=O) groups is 2. The van der Waals surface area contributed by atoms with Crippen LogP contribution in [0, 0.1) is 12.3 Å². The van der Waals surface area contributed by atoms with Crippen LogP contribution in [0.1, 0.15) is 29.1 Å². The summed E-state index contributed by atoms with van der Waals surface area (Å²) in [5, 5.41) is 7.12. The summed E-state index contributed by atoms with van der Waals surface area (Å²) < 4.78 is 48.9. The van der Waals surface area contributed by atoms with Crippen molar-refractivity contribution < 1.29 is 41.8 Å². The highest BCUT2D eigenvalue weighted by Crippen LogP contribution is 2.41. The lowest BCUT2D eigenvalue weighted by Crippen LogP contribution is -2.54. The number of nitrogens with zero attached hydrogens (tertiary/aromatic N) is 3. The number of aliphatic carboxylic acids is 1. The topological polar surface area (TPSA) is 115 Å². The van der Waals surface area contributed by atoms with Crippen molar-refractivity contribution >= 4 is 11.9 Å². The first-order valence-electron chi connectivity index (χ1n) is 9.76. The van der Waals surface area contributed by atoms with Crippen LogP contribution in [0.15, 0.2) is 35.3 Å². The molecule has 0 radical (unpaired) electrons. The predicted molar refractivity (Wildman–Crippen MR) is 102 cm³/mol. The van der Waals surface area contributed by atoms with Gasteiger partial charge in [-0.1, -0.05) is 0 Å². The van der Waals surface area contributed by atoms with Gasteiger partial charge < -0.3 is 23.9 Å². The van der Waals surface area contributed by atoms with E-state index in [9.17, 15) is 18.0 Å². The summed E-state index contributed by atoms with van der Waals surface area (Å²) in [5.74, 6) is -1.81. The second kappa shape index (κ2) is 9.55. The molecule has 0 saturated carbocycles. The van der Waals surface area contributed by atoms with Crippen LogP contribution < -0.4 is 4.74 Å². The molecular formula is C20H22F3N3O6. The number of carbonyl (C=O) groups excluding carboxylic acids is 1. The molecule has 0 spiro atoms. The number of aryl methyl sites for hydroxylation is 1. The summed E-state index contributed by atoms with van der Waals surface area (Å²) in [7, 11) is 0. The van der Waals surface area contributed by atoms with Crippen molar-refractivity contribution in [2.75, 3.05) is 26.3 Å². The molecule has 0 unspecified atom stereocenters. The summed E-state index contributed by atoms with van der Waals surface area (Å²) in [6.45, 7) is 4.23. The van der Waals surface area contributed by atoms with Gasteiger partial charge in [0.1, 0.15) is 5.75 Å². The monoisotopic (exact) mass is 457 g/mol. The van der Waals surface area contributed by atoms with Crippen LogP contribution in [-0.2, 0) is 9.53 Å². The molecule has 2 aliphatic heterocycles. The van der Waals surface area contributed by atoms with Gasteiger partial charge in [-0.2, -0.15) is 13.2 Å². The van der Waals surface area contributed by atoms with E-state index in [1.165, 1.54) is 6.39 Å². The molecule has 4 heterocycles. The molecule has 32 heavy (non-hydrogen) atoms. The van der Waals surface area contributed by atoms with E-state index in [2.05, 4.69) is 9.97 Å². The fourth-order valence-corrected chi connectivity index (χ4v) is 3.74. The molecule has 0 aromatic carbocycles. The second-order valence-electron chi connectivity index (χ2n) is 7.53. The van der Waals surface area contributed by atoms with Crippen molar-refractivity contribution in [3.63, 3.8) is 0 Å². The van der Waals surface area contributed by atoms with Crippen LogP contribution in [0.2, 0.25) is 0 Å². The van der Waals surface area contributed by atoms with Crippen molar-refractivity contribution in [3.8, 4) is 5.75 Å². The summed E-state index contributed by atoms with van der Waals surface area (Å²) >= 11 is 0. The highest BCUT2D eigenvalue weighted by Gasteiger charge is 2.50. The van der Waals surface area contributed by atoms with E-state index in [-0.39, 0.29) is 17.4 Å². The van der Waals surface area contributed by atoms with Crippen molar-refractivity contribution in [1.29, 1.82) is 0 Å². The Balaban J connectivity index is 0.000000360. The van der Waals surface area contributed by atoms with Gasteiger partial charge in [0.2, 0.25) is 5.76 Å². The minimum Gasteiger partial charge on any atom is -0.491 e. The first-order valence-corrected chi connectivity index (χ1v) is 9.76. The molecule has 2 saturated heterocycles. The number of rotatable bonds is 4. The number of alkyl halides is 3. The van der Waals surface area contributed by atoms with Crippen molar-refractivity contribution in [2.45, 2.75) is 32.0 Å². The van der Waals surface area contributed by atoms with Gasteiger partial charge in [-0.25, -0.2) is 9.78 Å². The zero-order valence-corrected chi connectivity index (χ0v) is 17.2. The van der Waals surface area contributed by atoms with E-state index >= 15 is 0 Å². The molecule has 174 valence electrons. The molecule has 9 nitrogen and oxygen atoms in total. The van der Waals surface area contributed by atoms with E-state index in [1.54, 1.807) is 19.3 Å². The average molecular weight is 457 g/mol. The van der Waals surface area contributed by atoms with Crippen LogP contribution in [0.5, 0.6) is 5.75 Å². The Labute approximate surface area is 181 Å². The Morgan fingerprint density at radius 1 is 1.41 bits per heavy atom. The number of hydrogen-bond acceptors (Lipinski definition) is 7. The Bertz CT molecular complexity index is 936. The number of amides is 1. The van der Waals surface area contributed by atoms with Gasteiger partial charge >= 0.3 is 12.1 Å². The Kier molecular flexibility index (Phi) is 7.02. The van der Waals surface area contributed by atoms with Gasteiger partial charge in [-0.05, 0) is 31.9 Å². The maximum absolute atomic E-state index is 12.8. The summed E-state index contributed by atoms with van der Waals surface area (Å²) in [6, 6.07) is 3.73. The standard InChI is InChI=1S/C18H21N3O4.C2HF3O2/c1-13-16(25-12-20-13)17(22)21-7-4-15-18(10-21,5-8-23-15)11-24-14-3-2-6-19-9-14;3-2(4,5)1(6)7/h2-3,6,9,12,15H,4-5,7-8,10-11H2,1H3;(H,6,7)/t15-,18+;/m1./s1. The highest BCUT2D eigenvalue weighted by atomic mass is 19.4. The molecule has 2 atom stereocenters. The number of likely N-dealkylation sites (tertiary alicyclic amines) is 1. The first kappa shape index (κ1) is 23.5. The Hall–Kier alpha value is -3.15. The van der Waals surface area contributed by atoms with Gasteiger partial charge in [-0.3, -0.25) is 9.78 Å². The van der Waals surface area contributed by atoms with Gasteiger partial charge in [0.15, 0.2) is 6.39 Å². The van der Waals surface area contributed by atoms with Crippen molar-refractivity contribution in [3.05, 3.63) is 42.4 Å².